The number of nitriles is 1. The average molecular weight is 609 g/mol. The lowest BCUT2D eigenvalue weighted by Gasteiger charge is -2.62. The van der Waals surface area contributed by atoms with Crippen LogP contribution in [0, 0.1) is 11.3 Å². The summed E-state index contributed by atoms with van der Waals surface area (Å²) in [6, 6.07) is 7.85. The van der Waals surface area contributed by atoms with Crippen molar-refractivity contribution in [2.75, 3.05) is 45.3 Å². The number of ether oxygens (including phenoxy) is 3. The van der Waals surface area contributed by atoms with Crippen LogP contribution in [-0.4, -0.2) is 76.6 Å². The summed E-state index contributed by atoms with van der Waals surface area (Å²) in [7, 11) is 3.34. The molecule has 3 aromatic heterocycles. The second-order valence-electron chi connectivity index (χ2n) is 11.5. The molecular formula is C30H31Cl2N7O3. The minimum Gasteiger partial charge on any atom is -0.493 e. The SMILES string of the molecule is COc1cc2[nH]nc(-c3cnc(N4CC(C)(N5CC(C)(OC)C5)C4)c(C#N)c3)c2cc1O[C@H](C)c1c(Cl)cncc1Cl. The van der Waals surface area contributed by atoms with E-state index < -0.39 is 6.10 Å². The van der Waals surface area contributed by atoms with E-state index in [4.69, 9.17) is 42.4 Å². The molecule has 0 amide bonds. The summed E-state index contributed by atoms with van der Waals surface area (Å²) >= 11 is 12.7. The summed E-state index contributed by atoms with van der Waals surface area (Å²) in [4.78, 5) is 13.3. The van der Waals surface area contributed by atoms with Crippen molar-refractivity contribution in [2.45, 2.75) is 38.0 Å². The number of nitrogens with one attached hydrogen (secondary N) is 1. The minimum atomic E-state index is -0.484. The van der Waals surface area contributed by atoms with Crippen LogP contribution in [0.15, 0.2) is 36.8 Å². The molecule has 1 aromatic carbocycles. The van der Waals surface area contributed by atoms with Gasteiger partial charge >= 0.3 is 0 Å². The second kappa shape index (κ2) is 10.6. The van der Waals surface area contributed by atoms with E-state index in [1.165, 1.54) is 12.4 Å². The minimum absolute atomic E-state index is 0.0286. The number of nitrogens with zero attached hydrogens (tertiary/aromatic N) is 6. The Hall–Kier alpha value is -3.62. The maximum absolute atomic E-state index is 10.0. The first kappa shape index (κ1) is 28.5. The molecule has 2 fully saturated rings. The van der Waals surface area contributed by atoms with Crippen LogP contribution in [0.5, 0.6) is 11.5 Å². The Morgan fingerprint density at radius 3 is 2.38 bits per heavy atom. The molecule has 0 saturated carbocycles. The van der Waals surface area contributed by atoms with Gasteiger partial charge in [0, 0.05) is 74.5 Å². The molecule has 5 heterocycles. The quantitative estimate of drug-likeness (QED) is 0.271. The van der Waals surface area contributed by atoms with Crippen molar-refractivity contribution < 1.29 is 14.2 Å². The number of likely N-dealkylation sites (tertiary alicyclic amines) is 1. The molecule has 4 aromatic rings. The van der Waals surface area contributed by atoms with Gasteiger partial charge in [-0.3, -0.25) is 15.0 Å². The predicted molar refractivity (Wildman–Crippen MR) is 161 cm³/mol. The molecule has 0 radical (unpaired) electrons. The third kappa shape index (κ3) is 4.80. The summed E-state index contributed by atoms with van der Waals surface area (Å²) in [6.45, 7) is 9.62. The number of aromatic nitrogens is 4. The van der Waals surface area contributed by atoms with Crippen molar-refractivity contribution in [2.24, 2.45) is 0 Å². The fraction of sp³-hybridized carbons (Fsp3) is 0.400. The van der Waals surface area contributed by atoms with E-state index in [0.717, 1.165) is 37.1 Å². The highest BCUT2D eigenvalue weighted by Crippen LogP contribution is 2.42. The Kier molecular flexibility index (Phi) is 7.18. The van der Waals surface area contributed by atoms with Gasteiger partial charge in [0.25, 0.3) is 0 Å². The summed E-state index contributed by atoms with van der Waals surface area (Å²) in [6.07, 6.45) is 4.34. The van der Waals surface area contributed by atoms with E-state index in [1.807, 2.05) is 25.1 Å². The third-order valence-corrected chi connectivity index (χ3v) is 8.98. The van der Waals surface area contributed by atoms with Gasteiger partial charge in [-0.05, 0) is 32.9 Å². The molecule has 0 bridgehead atoms. The maximum atomic E-state index is 10.0. The Labute approximate surface area is 254 Å². The van der Waals surface area contributed by atoms with Crippen LogP contribution in [0.3, 0.4) is 0 Å². The van der Waals surface area contributed by atoms with Crippen LogP contribution in [0.2, 0.25) is 10.0 Å². The molecule has 218 valence electrons. The topological polar surface area (TPSA) is 112 Å². The molecule has 1 atom stereocenters. The summed E-state index contributed by atoms with van der Waals surface area (Å²) in [5.41, 5.74) is 3.18. The van der Waals surface area contributed by atoms with Gasteiger partial charge in [0.15, 0.2) is 11.5 Å². The van der Waals surface area contributed by atoms with Gasteiger partial charge in [0.05, 0.1) is 39.4 Å². The van der Waals surface area contributed by atoms with E-state index in [9.17, 15) is 5.26 Å². The second-order valence-corrected chi connectivity index (χ2v) is 12.3. The molecule has 1 N–H and O–H groups in total. The predicted octanol–water partition coefficient (Wildman–Crippen LogP) is 5.65. The van der Waals surface area contributed by atoms with E-state index in [2.05, 4.69) is 44.9 Å². The van der Waals surface area contributed by atoms with Gasteiger partial charge in [-0.2, -0.15) is 10.4 Å². The zero-order valence-corrected chi connectivity index (χ0v) is 25.5. The summed E-state index contributed by atoms with van der Waals surface area (Å²) in [5, 5.41) is 19.3. The van der Waals surface area contributed by atoms with Crippen LogP contribution < -0.4 is 14.4 Å². The number of hydrogen-bond acceptors (Lipinski definition) is 9. The Balaban J connectivity index is 1.27. The van der Waals surface area contributed by atoms with Crippen molar-refractivity contribution in [1.29, 1.82) is 5.26 Å². The van der Waals surface area contributed by atoms with Crippen LogP contribution in [0.1, 0.15) is 38.0 Å². The van der Waals surface area contributed by atoms with Crippen molar-refractivity contribution in [3.63, 3.8) is 0 Å². The Morgan fingerprint density at radius 2 is 1.74 bits per heavy atom. The van der Waals surface area contributed by atoms with E-state index in [1.54, 1.807) is 20.4 Å². The molecule has 0 aliphatic carbocycles. The van der Waals surface area contributed by atoms with Gasteiger partial charge in [-0.25, -0.2) is 4.98 Å². The van der Waals surface area contributed by atoms with Crippen LogP contribution in [0.4, 0.5) is 5.82 Å². The molecule has 0 unspecified atom stereocenters. The average Bonchev–Trinajstić information content (AvgIpc) is 3.35. The van der Waals surface area contributed by atoms with Crippen molar-refractivity contribution in [3.05, 3.63) is 58.0 Å². The molecule has 2 saturated heterocycles. The molecule has 12 heteroatoms. The van der Waals surface area contributed by atoms with Crippen molar-refractivity contribution in [1.82, 2.24) is 25.1 Å². The number of methoxy groups -OCH3 is 2. The smallest absolute Gasteiger partial charge is 0.162 e. The molecule has 10 nitrogen and oxygen atoms in total. The number of fused-ring (bicyclic) bond motifs is 1. The summed E-state index contributed by atoms with van der Waals surface area (Å²) < 4.78 is 17.5. The zero-order chi connectivity index (χ0) is 29.8. The Morgan fingerprint density at radius 1 is 1.02 bits per heavy atom. The molecular weight excluding hydrogens is 577 g/mol. The first-order valence-electron chi connectivity index (χ1n) is 13.6. The number of aromatic amines is 1. The fourth-order valence-corrected chi connectivity index (χ4v) is 6.55. The lowest BCUT2D eigenvalue weighted by Crippen LogP contribution is -2.77. The highest BCUT2D eigenvalue weighted by atomic mass is 35.5. The van der Waals surface area contributed by atoms with Gasteiger partial charge in [-0.1, -0.05) is 23.2 Å². The van der Waals surface area contributed by atoms with E-state index in [-0.39, 0.29) is 11.1 Å². The number of hydrogen-bond donors (Lipinski definition) is 1. The first-order chi connectivity index (χ1) is 20.1. The number of halogens is 2. The lowest BCUT2D eigenvalue weighted by atomic mass is 9.82. The highest BCUT2D eigenvalue weighted by molar-refractivity contribution is 6.35. The lowest BCUT2D eigenvalue weighted by molar-refractivity contribution is -0.152. The van der Waals surface area contributed by atoms with Gasteiger partial charge in [-0.15, -0.1) is 0 Å². The zero-order valence-electron chi connectivity index (χ0n) is 24.0. The molecule has 0 spiro atoms. The fourth-order valence-electron chi connectivity index (χ4n) is 5.87. The van der Waals surface area contributed by atoms with Crippen molar-refractivity contribution in [3.8, 4) is 28.8 Å². The Bertz CT molecular complexity index is 1690. The number of anilines is 1. The van der Waals surface area contributed by atoms with Crippen molar-refractivity contribution >= 4 is 39.9 Å². The maximum Gasteiger partial charge on any atom is 0.162 e. The number of benzene rings is 1. The molecule has 42 heavy (non-hydrogen) atoms. The van der Waals surface area contributed by atoms with Crippen LogP contribution >= 0.6 is 23.2 Å². The normalized spacial score (nSPS) is 18.2. The standard InChI is InChI=1S/C30H31Cl2N7O3/c1-17(26-21(31)11-34-12-22(26)32)42-25-7-20-23(8-24(25)40-4)36-37-27(20)19-6-18(9-33)28(35-10-19)38-13-29(2,14-38)39-15-30(3,16-39)41-5/h6-8,10-12,17H,13-16H2,1-5H3,(H,36,37)/t17-/m1/s1. The van der Waals surface area contributed by atoms with Gasteiger partial charge in [0.1, 0.15) is 23.7 Å². The van der Waals surface area contributed by atoms with Gasteiger partial charge in [0.2, 0.25) is 0 Å². The summed E-state index contributed by atoms with van der Waals surface area (Å²) in [5.74, 6) is 1.69. The number of H-pyrrole nitrogens is 1. The van der Waals surface area contributed by atoms with E-state index >= 15 is 0 Å². The third-order valence-electron chi connectivity index (χ3n) is 8.38. The number of pyridine rings is 2. The van der Waals surface area contributed by atoms with Gasteiger partial charge < -0.3 is 19.1 Å². The van der Waals surface area contributed by atoms with Crippen LogP contribution in [0.25, 0.3) is 22.2 Å². The molecule has 6 rings (SSSR count). The largest absolute Gasteiger partial charge is 0.493 e. The number of rotatable bonds is 8. The van der Waals surface area contributed by atoms with Crippen LogP contribution in [-0.2, 0) is 4.74 Å². The highest BCUT2D eigenvalue weighted by Gasteiger charge is 2.53. The molecule has 2 aliphatic heterocycles. The first-order valence-corrected chi connectivity index (χ1v) is 14.3. The molecule has 2 aliphatic rings. The van der Waals surface area contributed by atoms with E-state index in [0.29, 0.717) is 49.7 Å². The monoisotopic (exact) mass is 607 g/mol.